The van der Waals surface area contributed by atoms with Gasteiger partial charge in [-0.15, -0.1) is 0 Å². The van der Waals surface area contributed by atoms with E-state index in [1.807, 2.05) is 0 Å². The summed E-state index contributed by atoms with van der Waals surface area (Å²) in [5.74, 6) is -0.0580. The minimum absolute atomic E-state index is 0.210. The van der Waals surface area contributed by atoms with Crippen LogP contribution in [0.2, 0.25) is 0 Å². The van der Waals surface area contributed by atoms with Gasteiger partial charge in [-0.1, -0.05) is 6.58 Å². The number of hydrogen-bond donors (Lipinski definition) is 1. The van der Waals surface area contributed by atoms with Crippen LogP contribution < -0.4 is 10.1 Å². The molecule has 0 atom stereocenters. The van der Waals surface area contributed by atoms with Crippen molar-refractivity contribution in [2.75, 3.05) is 5.32 Å². The average Bonchev–Trinajstić information content (AvgIpc) is 2.20. The molecule has 1 N–H and O–H groups in total. The molecule has 0 bridgehead atoms. The molecule has 1 aromatic rings. The topological polar surface area (TPSA) is 68.3 Å². The number of esters is 1. The van der Waals surface area contributed by atoms with Crippen molar-refractivity contribution in [1.82, 2.24) is 4.98 Å². The number of carbonyl (C=O) groups excluding carboxylic acids is 2. The molecule has 1 rings (SSSR count). The van der Waals surface area contributed by atoms with E-state index in [2.05, 4.69) is 16.9 Å². The van der Waals surface area contributed by atoms with Gasteiger partial charge in [0.15, 0.2) is 0 Å². The molecule has 1 amide bonds. The Morgan fingerprint density at radius 1 is 1.53 bits per heavy atom. The second-order valence-electron chi connectivity index (χ2n) is 2.69. The van der Waals surface area contributed by atoms with Crippen molar-refractivity contribution < 1.29 is 14.3 Å². The maximum absolute atomic E-state index is 10.8. The molecule has 1 aromatic heterocycles. The van der Waals surface area contributed by atoms with E-state index in [1.165, 1.54) is 25.3 Å². The monoisotopic (exact) mass is 206 g/mol. The average molecular weight is 206 g/mol. The number of nitrogens with one attached hydrogen (secondary N) is 1. The van der Waals surface area contributed by atoms with E-state index < -0.39 is 5.97 Å². The fourth-order valence-corrected chi connectivity index (χ4v) is 0.853. The summed E-state index contributed by atoms with van der Waals surface area (Å²) in [6.07, 6.45) is 2.40. The number of aromatic nitrogens is 1. The molecular formula is C10H10N2O3. The zero-order chi connectivity index (χ0) is 11.3. The summed E-state index contributed by atoms with van der Waals surface area (Å²) in [7, 11) is 0. The predicted molar refractivity (Wildman–Crippen MR) is 54.4 cm³/mol. The molecule has 0 aromatic carbocycles. The second-order valence-corrected chi connectivity index (χ2v) is 2.69. The van der Waals surface area contributed by atoms with Crippen molar-refractivity contribution in [2.24, 2.45) is 0 Å². The Hall–Kier alpha value is -2.17. The number of hydrogen-bond acceptors (Lipinski definition) is 4. The zero-order valence-electron chi connectivity index (χ0n) is 8.19. The van der Waals surface area contributed by atoms with E-state index in [4.69, 9.17) is 4.74 Å². The standard InChI is InChI=1S/C10H10N2O3/c1-3-10(14)15-8-4-5-9(11-6-8)12-7(2)13/h3-6H,1H2,2H3,(H,11,12,13). The molecule has 0 fully saturated rings. The van der Waals surface area contributed by atoms with E-state index in [0.29, 0.717) is 11.6 Å². The van der Waals surface area contributed by atoms with E-state index in [9.17, 15) is 9.59 Å². The third-order valence-corrected chi connectivity index (χ3v) is 1.43. The maximum atomic E-state index is 10.8. The molecule has 0 aliphatic rings. The summed E-state index contributed by atoms with van der Waals surface area (Å²) in [6.45, 7) is 4.64. The lowest BCUT2D eigenvalue weighted by atomic mass is 10.4. The van der Waals surface area contributed by atoms with Crippen LogP contribution in [0.1, 0.15) is 6.92 Å². The van der Waals surface area contributed by atoms with Crippen LogP contribution in [-0.2, 0) is 9.59 Å². The molecule has 0 saturated heterocycles. The molecule has 15 heavy (non-hydrogen) atoms. The van der Waals surface area contributed by atoms with Crippen molar-refractivity contribution in [3.05, 3.63) is 31.0 Å². The predicted octanol–water partition coefficient (Wildman–Crippen LogP) is 1.13. The van der Waals surface area contributed by atoms with Crippen LogP contribution in [0.5, 0.6) is 5.75 Å². The fraction of sp³-hybridized carbons (Fsp3) is 0.100. The Balaban J connectivity index is 2.67. The highest BCUT2D eigenvalue weighted by atomic mass is 16.5. The number of amides is 1. The summed E-state index contributed by atoms with van der Waals surface area (Å²) >= 11 is 0. The largest absolute Gasteiger partial charge is 0.422 e. The number of rotatable bonds is 3. The van der Waals surface area contributed by atoms with Crippen molar-refractivity contribution in [1.29, 1.82) is 0 Å². The van der Waals surface area contributed by atoms with Gasteiger partial charge < -0.3 is 10.1 Å². The fourth-order valence-electron chi connectivity index (χ4n) is 0.853. The molecule has 0 spiro atoms. The number of pyridine rings is 1. The highest BCUT2D eigenvalue weighted by molar-refractivity contribution is 5.87. The molecule has 5 heteroatoms. The summed E-state index contributed by atoms with van der Waals surface area (Å²) in [5, 5.41) is 2.49. The van der Waals surface area contributed by atoms with Crippen LogP contribution in [0, 0.1) is 0 Å². The molecule has 0 unspecified atom stereocenters. The molecule has 0 aliphatic carbocycles. The van der Waals surface area contributed by atoms with Crippen LogP contribution in [0.4, 0.5) is 5.82 Å². The Labute approximate surface area is 86.8 Å². The van der Waals surface area contributed by atoms with E-state index in [1.54, 1.807) is 0 Å². The lowest BCUT2D eigenvalue weighted by Gasteiger charge is -2.02. The van der Waals surface area contributed by atoms with Crippen molar-refractivity contribution in [3.63, 3.8) is 0 Å². The molecule has 78 valence electrons. The Bertz CT molecular complexity index is 384. The summed E-state index contributed by atoms with van der Waals surface area (Å²) in [6, 6.07) is 3.06. The van der Waals surface area contributed by atoms with Crippen molar-refractivity contribution in [2.45, 2.75) is 6.92 Å². The zero-order valence-corrected chi connectivity index (χ0v) is 8.19. The number of ether oxygens (including phenoxy) is 1. The van der Waals surface area contributed by atoms with Gasteiger partial charge in [0.1, 0.15) is 11.6 Å². The van der Waals surface area contributed by atoms with Crippen LogP contribution in [-0.4, -0.2) is 16.9 Å². The first-order valence-corrected chi connectivity index (χ1v) is 4.19. The lowest BCUT2D eigenvalue weighted by Crippen LogP contribution is -2.08. The van der Waals surface area contributed by atoms with Gasteiger partial charge in [0.05, 0.1) is 6.20 Å². The number of carbonyl (C=O) groups is 2. The molecular weight excluding hydrogens is 196 g/mol. The van der Waals surface area contributed by atoms with Gasteiger partial charge in [0.25, 0.3) is 0 Å². The van der Waals surface area contributed by atoms with Gasteiger partial charge in [-0.2, -0.15) is 0 Å². The van der Waals surface area contributed by atoms with Gasteiger partial charge in [-0.25, -0.2) is 9.78 Å². The third kappa shape index (κ3) is 3.60. The molecule has 0 aliphatic heterocycles. The van der Waals surface area contributed by atoms with E-state index >= 15 is 0 Å². The summed E-state index contributed by atoms with van der Waals surface area (Å²) in [4.78, 5) is 25.3. The Morgan fingerprint density at radius 3 is 2.73 bits per heavy atom. The van der Waals surface area contributed by atoms with Crippen LogP contribution in [0.15, 0.2) is 31.0 Å². The second kappa shape index (κ2) is 4.90. The van der Waals surface area contributed by atoms with Crippen molar-refractivity contribution >= 4 is 17.7 Å². The van der Waals surface area contributed by atoms with Crippen molar-refractivity contribution in [3.8, 4) is 5.75 Å². The first-order valence-electron chi connectivity index (χ1n) is 4.19. The van der Waals surface area contributed by atoms with Gasteiger partial charge in [0, 0.05) is 13.0 Å². The first-order chi connectivity index (χ1) is 7.11. The molecule has 0 saturated carbocycles. The summed E-state index contributed by atoms with van der Waals surface area (Å²) < 4.78 is 4.79. The third-order valence-electron chi connectivity index (χ3n) is 1.43. The van der Waals surface area contributed by atoms with Crippen LogP contribution >= 0.6 is 0 Å². The quantitative estimate of drug-likeness (QED) is 0.594. The minimum Gasteiger partial charge on any atom is -0.422 e. The maximum Gasteiger partial charge on any atom is 0.335 e. The smallest absolute Gasteiger partial charge is 0.335 e. The van der Waals surface area contributed by atoms with Gasteiger partial charge >= 0.3 is 5.97 Å². The Kier molecular flexibility index (Phi) is 3.56. The normalized spacial score (nSPS) is 9.13. The SMILES string of the molecule is C=CC(=O)Oc1ccc(NC(C)=O)nc1. The molecule has 1 heterocycles. The number of anilines is 1. The Morgan fingerprint density at radius 2 is 2.27 bits per heavy atom. The van der Waals surface area contributed by atoms with E-state index in [0.717, 1.165) is 6.08 Å². The molecule has 5 nitrogen and oxygen atoms in total. The van der Waals surface area contributed by atoms with Gasteiger partial charge in [0.2, 0.25) is 5.91 Å². The van der Waals surface area contributed by atoms with Crippen LogP contribution in [0.3, 0.4) is 0 Å². The first kappa shape index (κ1) is 10.9. The van der Waals surface area contributed by atoms with Crippen LogP contribution in [0.25, 0.3) is 0 Å². The highest BCUT2D eigenvalue weighted by Crippen LogP contribution is 2.12. The van der Waals surface area contributed by atoms with Gasteiger partial charge in [-0.05, 0) is 12.1 Å². The highest BCUT2D eigenvalue weighted by Gasteiger charge is 2.01. The lowest BCUT2D eigenvalue weighted by molar-refractivity contribution is -0.129. The van der Waals surface area contributed by atoms with E-state index in [-0.39, 0.29) is 5.91 Å². The minimum atomic E-state index is -0.552. The number of nitrogens with zero attached hydrogens (tertiary/aromatic N) is 1. The molecule has 0 radical (unpaired) electrons. The van der Waals surface area contributed by atoms with Gasteiger partial charge in [-0.3, -0.25) is 4.79 Å². The summed E-state index contributed by atoms with van der Waals surface area (Å²) in [5.41, 5.74) is 0.